The van der Waals surface area contributed by atoms with Crippen LogP contribution >= 0.6 is 0 Å². The molecule has 0 aliphatic carbocycles. The number of aromatic nitrogens is 2. The molecule has 3 heterocycles. The summed E-state index contributed by atoms with van der Waals surface area (Å²) in [5, 5.41) is 4.71. The van der Waals surface area contributed by atoms with Crippen LogP contribution in [0.4, 0.5) is 4.39 Å². The average molecular weight is 399 g/mol. The Morgan fingerprint density at radius 2 is 2.00 bits per heavy atom. The molecule has 2 aromatic rings. The maximum atomic E-state index is 13.2. The molecule has 1 saturated heterocycles. The normalized spacial score (nSPS) is 19.8. The molecular formula is C23H31FN4O. The summed E-state index contributed by atoms with van der Waals surface area (Å²) >= 11 is 0. The van der Waals surface area contributed by atoms with Gasteiger partial charge in [0.1, 0.15) is 5.82 Å². The number of halogens is 1. The molecular weight excluding hydrogens is 367 g/mol. The Bertz CT molecular complexity index is 874. The van der Waals surface area contributed by atoms with Crippen LogP contribution in [-0.2, 0) is 24.3 Å². The highest BCUT2D eigenvalue weighted by molar-refractivity contribution is 5.76. The highest BCUT2D eigenvalue weighted by Gasteiger charge is 2.30. The van der Waals surface area contributed by atoms with Gasteiger partial charge in [-0.1, -0.05) is 12.1 Å². The van der Waals surface area contributed by atoms with Gasteiger partial charge in [0.05, 0.1) is 24.5 Å². The molecule has 1 fully saturated rings. The van der Waals surface area contributed by atoms with Crippen LogP contribution in [0, 0.1) is 18.7 Å². The van der Waals surface area contributed by atoms with Crippen LogP contribution < -0.4 is 0 Å². The number of carbonyl (C=O) groups excluding carboxylic acids is 1. The third-order valence-corrected chi connectivity index (χ3v) is 6.45. The Kier molecular flexibility index (Phi) is 5.72. The number of hydrogen-bond donors (Lipinski definition) is 0. The van der Waals surface area contributed by atoms with Gasteiger partial charge in [0.2, 0.25) is 5.91 Å². The average Bonchev–Trinajstić information content (AvgIpc) is 3.28. The van der Waals surface area contributed by atoms with Gasteiger partial charge in [0.25, 0.3) is 0 Å². The minimum Gasteiger partial charge on any atom is -0.336 e. The Morgan fingerprint density at radius 3 is 2.69 bits per heavy atom. The van der Waals surface area contributed by atoms with Gasteiger partial charge in [-0.3, -0.25) is 9.48 Å². The van der Waals surface area contributed by atoms with Crippen molar-refractivity contribution in [1.29, 1.82) is 0 Å². The molecule has 0 saturated carbocycles. The summed E-state index contributed by atoms with van der Waals surface area (Å²) in [5.41, 5.74) is 4.45. The fourth-order valence-corrected chi connectivity index (χ4v) is 4.66. The highest BCUT2D eigenvalue weighted by Crippen LogP contribution is 2.26. The summed E-state index contributed by atoms with van der Waals surface area (Å²) < 4.78 is 15.2. The molecule has 5 nitrogen and oxygen atoms in total. The molecule has 0 spiro atoms. The summed E-state index contributed by atoms with van der Waals surface area (Å²) in [5.74, 6) is 0.503. The minimum atomic E-state index is -0.229. The van der Waals surface area contributed by atoms with E-state index in [0.29, 0.717) is 31.5 Å². The molecule has 0 bridgehead atoms. The largest absolute Gasteiger partial charge is 0.336 e. The van der Waals surface area contributed by atoms with Gasteiger partial charge in [-0.25, -0.2) is 4.39 Å². The fourth-order valence-electron chi connectivity index (χ4n) is 4.66. The van der Waals surface area contributed by atoms with E-state index in [1.165, 1.54) is 17.7 Å². The Balaban J connectivity index is 1.43. The lowest BCUT2D eigenvalue weighted by Gasteiger charge is -2.29. The van der Waals surface area contributed by atoms with Gasteiger partial charge < -0.3 is 9.80 Å². The molecule has 0 N–H and O–H groups in total. The van der Waals surface area contributed by atoms with Gasteiger partial charge in [0, 0.05) is 25.6 Å². The monoisotopic (exact) mass is 398 g/mol. The Labute approximate surface area is 172 Å². The molecule has 1 amide bonds. The Morgan fingerprint density at radius 1 is 1.24 bits per heavy atom. The van der Waals surface area contributed by atoms with Crippen molar-refractivity contribution in [1.82, 2.24) is 19.6 Å². The number of amides is 1. The van der Waals surface area contributed by atoms with Crippen molar-refractivity contribution < 1.29 is 9.18 Å². The predicted octanol–water partition coefficient (Wildman–Crippen LogP) is 3.38. The predicted molar refractivity (Wildman–Crippen MR) is 111 cm³/mol. The highest BCUT2D eigenvalue weighted by atomic mass is 19.1. The lowest BCUT2D eigenvalue weighted by molar-refractivity contribution is -0.133. The van der Waals surface area contributed by atoms with Crippen LogP contribution in [0.2, 0.25) is 0 Å². The molecule has 1 aromatic carbocycles. The van der Waals surface area contributed by atoms with E-state index in [2.05, 4.69) is 18.7 Å². The lowest BCUT2D eigenvalue weighted by Crippen LogP contribution is -2.38. The van der Waals surface area contributed by atoms with Crippen molar-refractivity contribution in [2.24, 2.45) is 5.92 Å². The first-order valence-corrected chi connectivity index (χ1v) is 10.7. The number of benzene rings is 1. The number of likely N-dealkylation sites (tertiary alicyclic amines) is 1. The first kappa shape index (κ1) is 20.1. The number of hydrogen-bond acceptors (Lipinski definition) is 3. The van der Waals surface area contributed by atoms with E-state index in [0.717, 1.165) is 49.4 Å². The van der Waals surface area contributed by atoms with E-state index in [9.17, 15) is 9.18 Å². The second-order valence-electron chi connectivity index (χ2n) is 8.81. The first-order valence-electron chi connectivity index (χ1n) is 10.7. The molecule has 6 heteroatoms. The van der Waals surface area contributed by atoms with Gasteiger partial charge in [0.15, 0.2) is 0 Å². The number of aryl methyl sites for hydroxylation is 1. The molecule has 0 radical (unpaired) electrons. The topological polar surface area (TPSA) is 41.4 Å². The van der Waals surface area contributed by atoms with Gasteiger partial charge >= 0.3 is 0 Å². The molecule has 1 aromatic heterocycles. The molecule has 4 rings (SSSR count). The van der Waals surface area contributed by atoms with E-state index in [-0.39, 0.29) is 11.7 Å². The van der Waals surface area contributed by atoms with Crippen molar-refractivity contribution in [2.45, 2.75) is 59.2 Å². The van der Waals surface area contributed by atoms with Crippen LogP contribution in [0.3, 0.4) is 0 Å². The molecule has 1 unspecified atom stereocenters. The SMILES string of the molecule is Cc1nn(Cc2ccc(F)cc2)c2c1CCN(C(=O)CC1CCN(C(C)C)C1)C2. The van der Waals surface area contributed by atoms with Crippen LogP contribution in [0.15, 0.2) is 24.3 Å². The number of carbonyl (C=O) groups is 1. The number of nitrogens with zero attached hydrogens (tertiary/aromatic N) is 4. The van der Waals surface area contributed by atoms with E-state index in [1.54, 1.807) is 12.1 Å². The van der Waals surface area contributed by atoms with E-state index in [4.69, 9.17) is 5.10 Å². The Hall–Kier alpha value is -2.21. The van der Waals surface area contributed by atoms with E-state index >= 15 is 0 Å². The molecule has 2 aliphatic rings. The molecule has 2 aliphatic heterocycles. The molecule has 156 valence electrons. The number of fused-ring (bicyclic) bond motifs is 1. The minimum absolute atomic E-state index is 0.229. The van der Waals surface area contributed by atoms with Crippen LogP contribution in [0.5, 0.6) is 0 Å². The second-order valence-corrected chi connectivity index (χ2v) is 8.81. The summed E-state index contributed by atoms with van der Waals surface area (Å²) in [6, 6.07) is 7.11. The zero-order valence-electron chi connectivity index (χ0n) is 17.7. The molecule has 29 heavy (non-hydrogen) atoms. The second kappa shape index (κ2) is 8.27. The standard InChI is InChI=1S/C23H31FN4O/c1-16(2)26-10-8-19(13-26)12-23(29)27-11-9-21-17(3)25-28(22(21)15-27)14-18-4-6-20(24)7-5-18/h4-7,16,19H,8-15H2,1-3H3. The van der Waals surface area contributed by atoms with Gasteiger partial charge in [-0.2, -0.15) is 5.10 Å². The zero-order chi connectivity index (χ0) is 20.5. The van der Waals surface area contributed by atoms with Gasteiger partial charge in [-0.15, -0.1) is 0 Å². The van der Waals surface area contributed by atoms with Crippen molar-refractivity contribution in [3.8, 4) is 0 Å². The van der Waals surface area contributed by atoms with E-state index < -0.39 is 0 Å². The van der Waals surface area contributed by atoms with Crippen LogP contribution in [-0.4, -0.2) is 51.2 Å². The summed E-state index contributed by atoms with van der Waals surface area (Å²) in [7, 11) is 0. The van der Waals surface area contributed by atoms with E-state index in [1.807, 2.05) is 16.5 Å². The quantitative estimate of drug-likeness (QED) is 0.775. The summed E-state index contributed by atoms with van der Waals surface area (Å²) in [6.07, 6.45) is 2.62. The fraction of sp³-hybridized carbons (Fsp3) is 0.565. The van der Waals surface area contributed by atoms with Crippen molar-refractivity contribution in [2.75, 3.05) is 19.6 Å². The third-order valence-electron chi connectivity index (χ3n) is 6.45. The van der Waals surface area contributed by atoms with Crippen molar-refractivity contribution in [3.05, 3.63) is 52.6 Å². The smallest absolute Gasteiger partial charge is 0.223 e. The van der Waals surface area contributed by atoms with Crippen LogP contribution in [0.1, 0.15) is 49.2 Å². The maximum Gasteiger partial charge on any atom is 0.223 e. The number of rotatable bonds is 5. The first-order chi connectivity index (χ1) is 13.9. The van der Waals surface area contributed by atoms with Gasteiger partial charge in [-0.05, 0) is 69.3 Å². The van der Waals surface area contributed by atoms with Crippen molar-refractivity contribution >= 4 is 5.91 Å². The lowest BCUT2D eigenvalue weighted by atomic mass is 10.0. The maximum absolute atomic E-state index is 13.2. The zero-order valence-corrected chi connectivity index (χ0v) is 17.7. The van der Waals surface area contributed by atoms with Crippen LogP contribution in [0.25, 0.3) is 0 Å². The summed E-state index contributed by atoms with van der Waals surface area (Å²) in [4.78, 5) is 17.5. The third kappa shape index (κ3) is 4.37. The summed E-state index contributed by atoms with van der Waals surface area (Å²) in [6.45, 7) is 10.6. The van der Waals surface area contributed by atoms with Crippen molar-refractivity contribution in [3.63, 3.8) is 0 Å². The molecule has 1 atom stereocenters.